The predicted molar refractivity (Wildman–Crippen MR) is 54.1 cm³/mol. The summed E-state index contributed by atoms with van der Waals surface area (Å²) in [5, 5.41) is 10.4. The first-order valence-corrected chi connectivity index (χ1v) is 5.30. The molecule has 4 nitrogen and oxygen atoms in total. The first-order chi connectivity index (χ1) is 6.93. The number of fused-ring (bicyclic) bond motifs is 1. The van der Waals surface area contributed by atoms with Crippen LogP contribution < -0.4 is 0 Å². The molecule has 4 atom stereocenters. The van der Waals surface area contributed by atoms with Crippen molar-refractivity contribution >= 4 is 0 Å². The molecule has 2 aliphatic heterocycles. The molecule has 2 rings (SSSR count). The SMILES string of the molecule is C=C[C@@]1(O)[C@@H](CC)O[C@@H]2OC(C)(C)O[C@@H]21. The van der Waals surface area contributed by atoms with Crippen LogP contribution in [0.2, 0.25) is 0 Å². The van der Waals surface area contributed by atoms with Gasteiger partial charge < -0.3 is 19.3 Å². The van der Waals surface area contributed by atoms with E-state index < -0.39 is 23.8 Å². The number of hydrogen-bond acceptors (Lipinski definition) is 4. The lowest BCUT2D eigenvalue weighted by Crippen LogP contribution is -2.46. The maximum atomic E-state index is 10.4. The molecule has 0 unspecified atom stereocenters. The molecule has 0 saturated carbocycles. The Morgan fingerprint density at radius 2 is 2.07 bits per heavy atom. The maximum Gasteiger partial charge on any atom is 0.190 e. The zero-order chi connectivity index (χ0) is 11.3. The van der Waals surface area contributed by atoms with Gasteiger partial charge in [-0.25, -0.2) is 0 Å². The molecular weight excluding hydrogens is 196 g/mol. The van der Waals surface area contributed by atoms with Crippen LogP contribution in [0.15, 0.2) is 12.7 Å². The molecule has 2 heterocycles. The summed E-state index contributed by atoms with van der Waals surface area (Å²) >= 11 is 0. The summed E-state index contributed by atoms with van der Waals surface area (Å²) in [5.41, 5.74) is -1.15. The fourth-order valence-electron chi connectivity index (χ4n) is 2.27. The molecule has 15 heavy (non-hydrogen) atoms. The largest absolute Gasteiger partial charge is 0.380 e. The zero-order valence-electron chi connectivity index (χ0n) is 9.40. The highest BCUT2D eigenvalue weighted by Crippen LogP contribution is 2.44. The maximum absolute atomic E-state index is 10.4. The fourth-order valence-corrected chi connectivity index (χ4v) is 2.27. The summed E-state index contributed by atoms with van der Waals surface area (Å²) in [6.45, 7) is 9.21. The summed E-state index contributed by atoms with van der Waals surface area (Å²) in [5.74, 6) is -0.703. The van der Waals surface area contributed by atoms with Crippen LogP contribution >= 0.6 is 0 Å². The second-order valence-corrected chi connectivity index (χ2v) is 4.55. The summed E-state index contributed by atoms with van der Waals surface area (Å²) in [7, 11) is 0. The van der Waals surface area contributed by atoms with Gasteiger partial charge in [-0.15, -0.1) is 6.58 Å². The standard InChI is InChI=1S/C11H18O4/c1-5-7-11(12,6-2)8-9(13-7)15-10(3,4)14-8/h6-9,12H,2,5H2,1,3-4H3/t7-,8+,9-,11-/m1/s1. The van der Waals surface area contributed by atoms with Crippen molar-refractivity contribution in [3.63, 3.8) is 0 Å². The summed E-state index contributed by atoms with van der Waals surface area (Å²) in [6.07, 6.45) is 0.920. The number of hydrogen-bond donors (Lipinski definition) is 1. The average Bonchev–Trinajstić information content (AvgIpc) is 2.60. The highest BCUT2D eigenvalue weighted by Gasteiger charge is 2.61. The van der Waals surface area contributed by atoms with Crippen LogP contribution in [0, 0.1) is 0 Å². The van der Waals surface area contributed by atoms with Crippen LogP contribution in [0.5, 0.6) is 0 Å². The van der Waals surface area contributed by atoms with Crippen LogP contribution in [0.4, 0.5) is 0 Å². The molecule has 86 valence electrons. The molecule has 4 heteroatoms. The van der Waals surface area contributed by atoms with Crippen molar-refractivity contribution in [1.29, 1.82) is 0 Å². The van der Waals surface area contributed by atoms with Gasteiger partial charge in [0.1, 0.15) is 11.7 Å². The van der Waals surface area contributed by atoms with Crippen molar-refractivity contribution in [3.8, 4) is 0 Å². The molecule has 0 spiro atoms. The minimum atomic E-state index is -1.15. The lowest BCUT2D eigenvalue weighted by Gasteiger charge is -2.30. The van der Waals surface area contributed by atoms with Gasteiger partial charge in [0, 0.05) is 0 Å². The lowest BCUT2D eigenvalue weighted by atomic mass is 9.91. The Bertz CT molecular complexity index is 276. The van der Waals surface area contributed by atoms with Crippen LogP contribution in [0.1, 0.15) is 27.2 Å². The fraction of sp³-hybridized carbons (Fsp3) is 0.818. The van der Waals surface area contributed by atoms with Crippen molar-refractivity contribution < 1.29 is 19.3 Å². The van der Waals surface area contributed by atoms with E-state index in [0.717, 1.165) is 0 Å². The van der Waals surface area contributed by atoms with E-state index in [-0.39, 0.29) is 6.10 Å². The Morgan fingerprint density at radius 1 is 1.40 bits per heavy atom. The predicted octanol–water partition coefficient (Wildman–Crippen LogP) is 1.19. The van der Waals surface area contributed by atoms with Crippen molar-refractivity contribution in [2.45, 2.75) is 57.1 Å². The number of aliphatic hydroxyl groups is 1. The van der Waals surface area contributed by atoms with Crippen LogP contribution in [-0.2, 0) is 14.2 Å². The number of rotatable bonds is 2. The molecule has 0 radical (unpaired) electrons. The first-order valence-electron chi connectivity index (χ1n) is 5.30. The van der Waals surface area contributed by atoms with E-state index in [2.05, 4.69) is 6.58 Å². The van der Waals surface area contributed by atoms with Crippen LogP contribution in [-0.4, -0.2) is 35.0 Å². The molecule has 0 amide bonds. The van der Waals surface area contributed by atoms with E-state index in [1.807, 2.05) is 6.92 Å². The Morgan fingerprint density at radius 3 is 2.60 bits per heavy atom. The van der Waals surface area contributed by atoms with Gasteiger partial charge in [-0.3, -0.25) is 0 Å². The average molecular weight is 214 g/mol. The molecule has 2 fully saturated rings. The minimum absolute atomic E-state index is 0.305. The smallest absolute Gasteiger partial charge is 0.190 e. The van der Waals surface area contributed by atoms with Crippen molar-refractivity contribution in [2.24, 2.45) is 0 Å². The van der Waals surface area contributed by atoms with E-state index in [1.54, 1.807) is 13.8 Å². The molecule has 0 aromatic heterocycles. The molecule has 1 N–H and O–H groups in total. The van der Waals surface area contributed by atoms with Gasteiger partial charge in [-0.1, -0.05) is 13.0 Å². The van der Waals surface area contributed by atoms with Crippen LogP contribution in [0.3, 0.4) is 0 Å². The van der Waals surface area contributed by atoms with Gasteiger partial charge in [-0.05, 0) is 20.3 Å². The van der Waals surface area contributed by atoms with Gasteiger partial charge in [0.15, 0.2) is 12.1 Å². The Hall–Kier alpha value is -0.420. The Balaban J connectivity index is 2.25. The molecular formula is C11H18O4. The van der Waals surface area contributed by atoms with Gasteiger partial charge in [0.25, 0.3) is 0 Å². The van der Waals surface area contributed by atoms with E-state index in [1.165, 1.54) is 6.08 Å². The summed E-state index contributed by atoms with van der Waals surface area (Å²) in [6, 6.07) is 0. The second kappa shape index (κ2) is 3.28. The molecule has 0 aromatic rings. The van der Waals surface area contributed by atoms with Gasteiger partial charge >= 0.3 is 0 Å². The minimum Gasteiger partial charge on any atom is -0.380 e. The first kappa shape index (κ1) is 11.1. The normalized spacial score (nSPS) is 47.9. The van der Waals surface area contributed by atoms with Gasteiger partial charge in [0.05, 0.1) is 6.10 Å². The Kier molecular flexibility index (Phi) is 2.43. The number of ether oxygens (including phenoxy) is 3. The van der Waals surface area contributed by atoms with Crippen molar-refractivity contribution in [1.82, 2.24) is 0 Å². The topological polar surface area (TPSA) is 47.9 Å². The van der Waals surface area contributed by atoms with E-state index in [4.69, 9.17) is 14.2 Å². The van der Waals surface area contributed by atoms with Gasteiger partial charge in [-0.2, -0.15) is 0 Å². The third-order valence-corrected chi connectivity index (χ3v) is 3.03. The molecule has 0 bridgehead atoms. The van der Waals surface area contributed by atoms with E-state index >= 15 is 0 Å². The lowest BCUT2D eigenvalue weighted by molar-refractivity contribution is -0.223. The van der Waals surface area contributed by atoms with Gasteiger partial charge in [0.2, 0.25) is 0 Å². The summed E-state index contributed by atoms with van der Waals surface area (Å²) < 4.78 is 16.8. The van der Waals surface area contributed by atoms with Crippen molar-refractivity contribution in [3.05, 3.63) is 12.7 Å². The monoisotopic (exact) mass is 214 g/mol. The highest BCUT2D eigenvalue weighted by atomic mass is 16.8. The second-order valence-electron chi connectivity index (χ2n) is 4.55. The quantitative estimate of drug-likeness (QED) is 0.701. The Labute approximate surface area is 89.8 Å². The molecule has 2 aliphatic rings. The van der Waals surface area contributed by atoms with E-state index in [0.29, 0.717) is 6.42 Å². The highest BCUT2D eigenvalue weighted by molar-refractivity contribution is 5.13. The third-order valence-electron chi connectivity index (χ3n) is 3.03. The third kappa shape index (κ3) is 1.52. The molecule has 0 aromatic carbocycles. The summed E-state index contributed by atoms with van der Waals surface area (Å²) in [4.78, 5) is 0. The van der Waals surface area contributed by atoms with Crippen molar-refractivity contribution in [2.75, 3.05) is 0 Å². The van der Waals surface area contributed by atoms with Crippen LogP contribution in [0.25, 0.3) is 0 Å². The van der Waals surface area contributed by atoms with E-state index in [9.17, 15) is 5.11 Å². The molecule has 0 aliphatic carbocycles. The zero-order valence-corrected chi connectivity index (χ0v) is 9.40. The molecule has 2 saturated heterocycles.